The van der Waals surface area contributed by atoms with Gasteiger partial charge in [-0.15, -0.1) is 5.10 Å². The summed E-state index contributed by atoms with van der Waals surface area (Å²) in [6.45, 7) is 0. The molecule has 5 N–H and O–H groups in total. The number of nitrogens with one attached hydrogen (secondary N) is 1. The monoisotopic (exact) mass is 212 g/mol. The van der Waals surface area contributed by atoms with Crippen LogP contribution in [0.1, 0.15) is 15.9 Å². The van der Waals surface area contributed by atoms with E-state index in [1.54, 1.807) is 18.2 Å². The first kappa shape index (κ1) is 10.5. The molecule has 0 heterocycles. The number of benzene rings is 1. The van der Waals surface area contributed by atoms with Crippen molar-refractivity contribution >= 4 is 23.7 Å². The standard InChI is InChI=1S/C8H9ClN4O/c9-6-2-1-5(4-14)7(3-6)8(10)12-13-11/h1-4,13H,11H2,(H2,10,12). The van der Waals surface area contributed by atoms with Crippen LogP contribution in [0.25, 0.3) is 0 Å². The molecule has 0 saturated heterocycles. The molecule has 1 aromatic carbocycles. The van der Waals surface area contributed by atoms with Gasteiger partial charge < -0.3 is 5.73 Å². The van der Waals surface area contributed by atoms with E-state index in [1.807, 2.05) is 5.53 Å². The topological polar surface area (TPSA) is 93.5 Å². The normalized spacial score (nSPS) is 11.1. The zero-order valence-corrected chi connectivity index (χ0v) is 7.95. The second-order valence-electron chi connectivity index (χ2n) is 2.48. The van der Waals surface area contributed by atoms with Crippen molar-refractivity contribution in [2.24, 2.45) is 16.7 Å². The molecule has 6 heteroatoms. The van der Waals surface area contributed by atoms with Crippen molar-refractivity contribution in [3.05, 3.63) is 34.3 Å². The number of amidine groups is 1. The molecule has 0 bridgehead atoms. The lowest BCUT2D eigenvalue weighted by atomic mass is 10.1. The molecule has 0 radical (unpaired) electrons. The molecule has 1 aromatic rings. The van der Waals surface area contributed by atoms with Crippen LogP contribution in [0.3, 0.4) is 0 Å². The van der Waals surface area contributed by atoms with Crippen LogP contribution >= 0.6 is 11.6 Å². The minimum Gasteiger partial charge on any atom is -0.382 e. The molecule has 1 rings (SSSR count). The summed E-state index contributed by atoms with van der Waals surface area (Å²) < 4.78 is 0. The summed E-state index contributed by atoms with van der Waals surface area (Å²) in [7, 11) is 0. The second kappa shape index (κ2) is 4.59. The van der Waals surface area contributed by atoms with Crippen molar-refractivity contribution in [1.29, 1.82) is 0 Å². The van der Waals surface area contributed by atoms with Crippen molar-refractivity contribution in [1.82, 2.24) is 5.53 Å². The highest BCUT2D eigenvalue weighted by Crippen LogP contribution is 2.14. The Morgan fingerprint density at radius 2 is 2.29 bits per heavy atom. The van der Waals surface area contributed by atoms with E-state index in [0.29, 0.717) is 22.4 Å². The van der Waals surface area contributed by atoms with Crippen LogP contribution in [0.2, 0.25) is 5.02 Å². The van der Waals surface area contributed by atoms with Crippen LogP contribution in [0.4, 0.5) is 0 Å². The molecular weight excluding hydrogens is 204 g/mol. The first-order chi connectivity index (χ1) is 6.69. The number of nitrogens with zero attached hydrogens (tertiary/aromatic N) is 1. The Hall–Kier alpha value is -1.59. The molecular formula is C8H9ClN4O. The molecule has 5 nitrogen and oxygen atoms in total. The zero-order valence-electron chi connectivity index (χ0n) is 7.20. The molecule has 0 fully saturated rings. The fraction of sp³-hybridized carbons (Fsp3) is 0. The summed E-state index contributed by atoms with van der Waals surface area (Å²) >= 11 is 5.74. The van der Waals surface area contributed by atoms with Crippen LogP contribution < -0.4 is 17.1 Å². The van der Waals surface area contributed by atoms with E-state index in [-0.39, 0.29) is 5.84 Å². The molecule has 0 aliphatic rings. The average molecular weight is 213 g/mol. The summed E-state index contributed by atoms with van der Waals surface area (Å²) in [6, 6.07) is 4.70. The number of carbonyl (C=O) groups is 1. The van der Waals surface area contributed by atoms with Crippen molar-refractivity contribution in [3.8, 4) is 0 Å². The highest BCUT2D eigenvalue weighted by atomic mass is 35.5. The van der Waals surface area contributed by atoms with Gasteiger partial charge in [-0.05, 0) is 18.2 Å². The lowest BCUT2D eigenvalue weighted by Gasteiger charge is -2.03. The summed E-state index contributed by atoms with van der Waals surface area (Å²) in [5, 5.41) is 4.02. The van der Waals surface area contributed by atoms with Gasteiger partial charge in [0.25, 0.3) is 0 Å². The van der Waals surface area contributed by atoms with E-state index >= 15 is 0 Å². The van der Waals surface area contributed by atoms with Gasteiger partial charge in [0, 0.05) is 16.1 Å². The maximum atomic E-state index is 10.6. The maximum Gasteiger partial charge on any atom is 0.152 e. The number of hydrogen-bond donors (Lipinski definition) is 3. The molecule has 0 amide bonds. The van der Waals surface area contributed by atoms with Gasteiger partial charge in [0.2, 0.25) is 0 Å². The smallest absolute Gasteiger partial charge is 0.152 e. The molecule has 0 aliphatic heterocycles. The molecule has 14 heavy (non-hydrogen) atoms. The summed E-state index contributed by atoms with van der Waals surface area (Å²) in [5.41, 5.74) is 8.44. The van der Waals surface area contributed by atoms with Gasteiger partial charge in [-0.25, -0.2) is 11.4 Å². The van der Waals surface area contributed by atoms with Crippen LogP contribution in [0.5, 0.6) is 0 Å². The van der Waals surface area contributed by atoms with Gasteiger partial charge in [0.05, 0.1) is 0 Å². The van der Waals surface area contributed by atoms with E-state index in [4.69, 9.17) is 23.2 Å². The molecule has 0 saturated carbocycles. The number of halogens is 1. The minimum atomic E-state index is 0.108. The summed E-state index contributed by atoms with van der Waals surface area (Å²) in [4.78, 5) is 10.6. The van der Waals surface area contributed by atoms with Crippen molar-refractivity contribution in [3.63, 3.8) is 0 Å². The Morgan fingerprint density at radius 1 is 1.57 bits per heavy atom. The van der Waals surface area contributed by atoms with Gasteiger partial charge in [-0.2, -0.15) is 0 Å². The Labute approximate surface area is 85.7 Å². The number of hydrazine groups is 1. The predicted octanol–water partition coefficient (Wildman–Crippen LogP) is 0.236. The number of nitrogens with two attached hydrogens (primary N) is 2. The van der Waals surface area contributed by atoms with E-state index in [1.165, 1.54) is 0 Å². The average Bonchev–Trinajstić information content (AvgIpc) is 2.18. The van der Waals surface area contributed by atoms with Gasteiger partial charge in [-0.3, -0.25) is 4.79 Å². The molecule has 0 unspecified atom stereocenters. The number of rotatable bonds is 3. The van der Waals surface area contributed by atoms with E-state index in [2.05, 4.69) is 5.10 Å². The fourth-order valence-electron chi connectivity index (χ4n) is 0.983. The lowest BCUT2D eigenvalue weighted by Crippen LogP contribution is -2.24. The summed E-state index contributed by atoms with van der Waals surface area (Å²) in [5.74, 6) is 5.07. The Kier molecular flexibility index (Phi) is 3.44. The molecule has 0 aromatic heterocycles. The Balaban J connectivity index is 3.23. The fourth-order valence-corrected chi connectivity index (χ4v) is 1.15. The van der Waals surface area contributed by atoms with E-state index in [0.717, 1.165) is 0 Å². The Morgan fingerprint density at radius 3 is 2.86 bits per heavy atom. The highest BCUT2D eigenvalue weighted by molar-refractivity contribution is 6.31. The van der Waals surface area contributed by atoms with Crippen LogP contribution in [0, 0.1) is 0 Å². The molecule has 0 aliphatic carbocycles. The van der Waals surface area contributed by atoms with Crippen LogP contribution in [-0.4, -0.2) is 12.1 Å². The second-order valence-corrected chi connectivity index (χ2v) is 2.91. The Bertz CT molecular complexity index is 378. The number of carbonyl (C=O) groups excluding carboxylic acids is 1. The predicted molar refractivity (Wildman–Crippen MR) is 54.9 cm³/mol. The van der Waals surface area contributed by atoms with Gasteiger partial charge in [0.1, 0.15) is 0 Å². The van der Waals surface area contributed by atoms with Gasteiger partial charge >= 0.3 is 0 Å². The SMILES string of the molecule is NN/N=C(\N)c1cc(Cl)ccc1C=O. The van der Waals surface area contributed by atoms with Crippen molar-refractivity contribution in [2.45, 2.75) is 0 Å². The number of aldehydes is 1. The maximum absolute atomic E-state index is 10.6. The first-order valence-corrected chi connectivity index (χ1v) is 4.10. The first-order valence-electron chi connectivity index (χ1n) is 3.73. The quantitative estimate of drug-likeness (QED) is 0.220. The molecule has 0 spiro atoms. The zero-order chi connectivity index (χ0) is 10.6. The summed E-state index contributed by atoms with van der Waals surface area (Å²) in [6.07, 6.45) is 0.671. The molecule has 0 atom stereocenters. The van der Waals surface area contributed by atoms with E-state index in [9.17, 15) is 4.79 Å². The van der Waals surface area contributed by atoms with Gasteiger partial charge in [0.15, 0.2) is 12.1 Å². The van der Waals surface area contributed by atoms with Crippen molar-refractivity contribution < 1.29 is 4.79 Å². The minimum absolute atomic E-state index is 0.108. The third-order valence-electron chi connectivity index (χ3n) is 1.60. The van der Waals surface area contributed by atoms with Gasteiger partial charge in [-0.1, -0.05) is 11.6 Å². The molecule has 74 valence electrons. The number of hydrazone groups is 1. The lowest BCUT2D eigenvalue weighted by molar-refractivity contribution is 0.112. The highest BCUT2D eigenvalue weighted by Gasteiger charge is 2.06. The van der Waals surface area contributed by atoms with E-state index < -0.39 is 0 Å². The number of hydrogen-bond acceptors (Lipinski definition) is 4. The third-order valence-corrected chi connectivity index (χ3v) is 1.84. The third kappa shape index (κ3) is 2.21. The largest absolute Gasteiger partial charge is 0.382 e. The van der Waals surface area contributed by atoms with Crippen LogP contribution in [0.15, 0.2) is 23.3 Å². The van der Waals surface area contributed by atoms with Crippen LogP contribution in [-0.2, 0) is 0 Å². The van der Waals surface area contributed by atoms with Crippen molar-refractivity contribution in [2.75, 3.05) is 0 Å².